The summed E-state index contributed by atoms with van der Waals surface area (Å²) in [5.41, 5.74) is 0. The quantitative estimate of drug-likeness (QED) is 0.208. The van der Waals surface area contributed by atoms with Crippen molar-refractivity contribution < 1.29 is 8.42 Å². The average Bonchev–Trinajstić information content (AvgIpc) is 2.31. The molecular weight excluding hydrogens is 389 g/mol. The summed E-state index contributed by atoms with van der Waals surface area (Å²) in [6.45, 7) is 7.46. The van der Waals surface area contributed by atoms with Gasteiger partial charge in [-0.3, -0.25) is 4.99 Å². The number of allylic oxidation sites excluding steroid dienone is 1. The van der Waals surface area contributed by atoms with E-state index in [4.69, 9.17) is 0 Å². The molecule has 7 heteroatoms. The van der Waals surface area contributed by atoms with E-state index in [9.17, 15) is 8.42 Å². The van der Waals surface area contributed by atoms with Gasteiger partial charge in [0.15, 0.2) is 5.96 Å². The standard InChI is InChI=1S/C13H27N3O2S.HI/c1-5-7-8-10-15-13(14-6-2)16-12(3)9-11-19(4,17)18;/h5,7,12H,6,8-11H2,1-4H3,(H2,14,15,16);1H/b7-5+;. The zero-order valence-corrected chi connectivity index (χ0v) is 16.0. The molecule has 0 aliphatic carbocycles. The number of hydrogen-bond acceptors (Lipinski definition) is 3. The summed E-state index contributed by atoms with van der Waals surface area (Å²) in [7, 11) is -2.90. The Bertz CT molecular complexity index is 394. The minimum absolute atomic E-state index is 0. The summed E-state index contributed by atoms with van der Waals surface area (Å²) in [5.74, 6) is 0.937. The molecule has 0 aromatic carbocycles. The maximum absolute atomic E-state index is 11.1. The van der Waals surface area contributed by atoms with Crippen molar-refractivity contribution in [3.63, 3.8) is 0 Å². The molecule has 2 N–H and O–H groups in total. The van der Waals surface area contributed by atoms with Crippen molar-refractivity contribution in [1.29, 1.82) is 0 Å². The van der Waals surface area contributed by atoms with Crippen molar-refractivity contribution in [3.05, 3.63) is 12.2 Å². The Morgan fingerprint density at radius 1 is 1.40 bits per heavy atom. The van der Waals surface area contributed by atoms with Crippen LogP contribution < -0.4 is 10.6 Å². The molecule has 0 spiro atoms. The minimum Gasteiger partial charge on any atom is -0.357 e. The second-order valence-corrected chi connectivity index (χ2v) is 6.84. The SMILES string of the molecule is C/C=C/CCN=C(NCC)NC(C)CCS(C)(=O)=O.I. The monoisotopic (exact) mass is 417 g/mol. The number of sulfone groups is 1. The van der Waals surface area contributed by atoms with Crippen molar-refractivity contribution in [2.24, 2.45) is 4.99 Å². The van der Waals surface area contributed by atoms with Crippen LogP contribution in [-0.2, 0) is 9.84 Å². The predicted octanol–water partition coefficient (Wildman–Crippen LogP) is 1.95. The highest BCUT2D eigenvalue weighted by Gasteiger charge is 2.09. The fraction of sp³-hybridized carbons (Fsp3) is 0.769. The van der Waals surface area contributed by atoms with Crippen molar-refractivity contribution in [3.8, 4) is 0 Å². The molecule has 0 aromatic rings. The number of halogens is 1. The van der Waals surface area contributed by atoms with Crippen LogP contribution in [-0.4, -0.2) is 45.5 Å². The van der Waals surface area contributed by atoms with Crippen molar-refractivity contribution in [2.75, 3.05) is 25.1 Å². The zero-order chi connectivity index (χ0) is 14.7. The molecule has 0 aromatic heterocycles. The summed E-state index contributed by atoms with van der Waals surface area (Å²) in [6, 6.07) is 0.0780. The first kappa shape index (κ1) is 22.0. The van der Waals surface area contributed by atoms with Gasteiger partial charge in [-0.15, -0.1) is 24.0 Å². The molecule has 120 valence electrons. The molecule has 0 rings (SSSR count). The van der Waals surface area contributed by atoms with E-state index >= 15 is 0 Å². The second kappa shape index (κ2) is 12.4. The van der Waals surface area contributed by atoms with Gasteiger partial charge in [-0.05, 0) is 33.6 Å². The third kappa shape index (κ3) is 14.1. The van der Waals surface area contributed by atoms with E-state index in [-0.39, 0.29) is 35.8 Å². The molecule has 1 unspecified atom stereocenters. The van der Waals surface area contributed by atoms with Crippen molar-refractivity contribution in [2.45, 2.75) is 39.7 Å². The van der Waals surface area contributed by atoms with Gasteiger partial charge in [0.2, 0.25) is 0 Å². The molecule has 0 amide bonds. The molecule has 5 nitrogen and oxygen atoms in total. The van der Waals surface area contributed by atoms with Crippen LogP contribution in [0.5, 0.6) is 0 Å². The maximum Gasteiger partial charge on any atom is 0.191 e. The Morgan fingerprint density at radius 3 is 2.55 bits per heavy atom. The van der Waals surface area contributed by atoms with Gasteiger partial charge in [0.1, 0.15) is 9.84 Å². The first-order chi connectivity index (χ1) is 8.89. The molecule has 0 fully saturated rings. The Morgan fingerprint density at radius 2 is 2.05 bits per heavy atom. The first-order valence-electron chi connectivity index (χ1n) is 6.72. The lowest BCUT2D eigenvalue weighted by atomic mass is 10.3. The number of aliphatic imine (C=N–C) groups is 1. The van der Waals surface area contributed by atoms with Crippen LogP contribution in [0.1, 0.15) is 33.6 Å². The van der Waals surface area contributed by atoms with E-state index in [1.54, 1.807) is 0 Å². The average molecular weight is 417 g/mol. The van der Waals surface area contributed by atoms with Gasteiger partial charge in [-0.2, -0.15) is 0 Å². The van der Waals surface area contributed by atoms with Crippen LogP contribution in [0.15, 0.2) is 17.1 Å². The Kier molecular flexibility index (Phi) is 13.7. The lowest BCUT2D eigenvalue weighted by Gasteiger charge is -2.17. The van der Waals surface area contributed by atoms with E-state index in [2.05, 4.69) is 21.7 Å². The van der Waals surface area contributed by atoms with Gasteiger partial charge in [-0.25, -0.2) is 8.42 Å². The van der Waals surface area contributed by atoms with Crippen LogP contribution in [0.25, 0.3) is 0 Å². The Balaban J connectivity index is 0. The van der Waals surface area contributed by atoms with Gasteiger partial charge in [0.05, 0.1) is 5.75 Å². The Labute approximate surface area is 140 Å². The van der Waals surface area contributed by atoms with Gasteiger partial charge >= 0.3 is 0 Å². The molecule has 0 heterocycles. The van der Waals surface area contributed by atoms with Crippen molar-refractivity contribution in [1.82, 2.24) is 10.6 Å². The number of hydrogen-bond donors (Lipinski definition) is 2. The summed E-state index contributed by atoms with van der Waals surface area (Å²) >= 11 is 0. The van der Waals surface area contributed by atoms with Crippen molar-refractivity contribution >= 4 is 39.8 Å². The van der Waals surface area contributed by atoms with Crippen LogP contribution in [0, 0.1) is 0 Å². The predicted molar refractivity (Wildman–Crippen MR) is 97.8 cm³/mol. The van der Waals surface area contributed by atoms with Crippen LogP contribution in [0.4, 0.5) is 0 Å². The number of guanidine groups is 1. The highest BCUT2D eigenvalue weighted by atomic mass is 127. The van der Waals surface area contributed by atoms with E-state index in [1.165, 1.54) is 6.26 Å². The van der Waals surface area contributed by atoms with Gasteiger partial charge in [-0.1, -0.05) is 12.2 Å². The molecule has 0 aliphatic heterocycles. The number of rotatable bonds is 8. The number of nitrogens with one attached hydrogen (secondary N) is 2. The zero-order valence-electron chi connectivity index (χ0n) is 12.8. The maximum atomic E-state index is 11.1. The van der Waals surface area contributed by atoms with Crippen LogP contribution >= 0.6 is 24.0 Å². The molecule has 1 atom stereocenters. The second-order valence-electron chi connectivity index (χ2n) is 4.58. The fourth-order valence-corrected chi connectivity index (χ4v) is 2.22. The highest BCUT2D eigenvalue weighted by Crippen LogP contribution is 1.95. The molecule has 0 saturated heterocycles. The molecule has 0 aliphatic rings. The molecule has 20 heavy (non-hydrogen) atoms. The van der Waals surface area contributed by atoms with E-state index in [1.807, 2.05) is 26.8 Å². The van der Waals surface area contributed by atoms with Crippen LogP contribution in [0.3, 0.4) is 0 Å². The highest BCUT2D eigenvalue weighted by molar-refractivity contribution is 14.0. The fourth-order valence-electron chi connectivity index (χ4n) is 1.43. The van der Waals surface area contributed by atoms with E-state index in [0.717, 1.165) is 25.5 Å². The lowest BCUT2D eigenvalue weighted by molar-refractivity contribution is 0.581. The summed E-state index contributed by atoms with van der Waals surface area (Å²) in [4.78, 5) is 4.43. The summed E-state index contributed by atoms with van der Waals surface area (Å²) < 4.78 is 22.2. The minimum atomic E-state index is -2.90. The third-order valence-corrected chi connectivity index (χ3v) is 3.43. The van der Waals surface area contributed by atoms with E-state index in [0.29, 0.717) is 6.42 Å². The molecule has 0 saturated carbocycles. The Hall–Kier alpha value is -0.310. The normalized spacial score (nSPS) is 13.9. The van der Waals surface area contributed by atoms with Gasteiger partial charge in [0, 0.05) is 25.4 Å². The van der Waals surface area contributed by atoms with Gasteiger partial charge < -0.3 is 10.6 Å². The lowest BCUT2D eigenvalue weighted by Crippen LogP contribution is -2.42. The molecule has 0 bridgehead atoms. The summed E-state index contributed by atoms with van der Waals surface area (Å²) in [6.07, 6.45) is 6.82. The van der Waals surface area contributed by atoms with Gasteiger partial charge in [0.25, 0.3) is 0 Å². The first-order valence-corrected chi connectivity index (χ1v) is 8.78. The smallest absolute Gasteiger partial charge is 0.191 e. The largest absolute Gasteiger partial charge is 0.357 e. The topological polar surface area (TPSA) is 70.6 Å². The molecular formula is C13H28IN3O2S. The molecule has 0 radical (unpaired) electrons. The van der Waals surface area contributed by atoms with Crippen LogP contribution in [0.2, 0.25) is 0 Å². The van der Waals surface area contributed by atoms with E-state index < -0.39 is 9.84 Å². The third-order valence-electron chi connectivity index (χ3n) is 2.45. The number of nitrogens with zero attached hydrogens (tertiary/aromatic N) is 1. The summed E-state index contributed by atoms with van der Waals surface area (Å²) in [5, 5.41) is 6.37.